The Bertz CT molecular complexity index is 483. The number of hydrogen-bond donors (Lipinski definition) is 3. The van der Waals surface area contributed by atoms with Crippen molar-refractivity contribution >= 4 is 31.3 Å². The average molecular weight is 422 g/mol. The zero-order valence-corrected chi connectivity index (χ0v) is 15.9. The van der Waals surface area contributed by atoms with Crippen LogP contribution in [0.4, 0.5) is 0 Å². The molecule has 0 aromatic heterocycles. The molecule has 0 aliphatic carbocycles. The van der Waals surface area contributed by atoms with Crippen LogP contribution in [0.25, 0.3) is 0 Å². The van der Waals surface area contributed by atoms with Gasteiger partial charge in [-0.1, -0.05) is 0 Å². The van der Waals surface area contributed by atoms with Crippen LogP contribution < -0.4 is 0 Å². The second-order valence-electron chi connectivity index (χ2n) is 3.35. The van der Waals surface area contributed by atoms with Gasteiger partial charge in [0, 0.05) is 0 Å². The van der Waals surface area contributed by atoms with Crippen molar-refractivity contribution < 1.29 is 59.4 Å². The lowest BCUT2D eigenvalue weighted by Gasteiger charge is -2.22. The predicted molar refractivity (Wildman–Crippen MR) is 75.2 cm³/mol. The summed E-state index contributed by atoms with van der Waals surface area (Å²) in [5, 5.41) is 0. The van der Waals surface area contributed by atoms with Crippen LogP contribution in [0.3, 0.4) is 0 Å². The van der Waals surface area contributed by atoms with Crippen LogP contribution >= 0.6 is 31.3 Å². The molecule has 0 heterocycles. The molecule has 3 atom stereocenters. The third-order valence-electron chi connectivity index (χ3n) is 1.49. The SMILES string of the molecule is CCOP(=O)(O)OP(=O)(OP(=O)(O)OCC)OP(=O)(O)OCC. The van der Waals surface area contributed by atoms with Crippen LogP contribution in [0.15, 0.2) is 0 Å². The quantitative estimate of drug-likeness (QED) is 0.390. The Balaban J connectivity index is 5.52. The molecule has 0 aliphatic rings. The van der Waals surface area contributed by atoms with Gasteiger partial charge < -0.3 is 14.7 Å². The van der Waals surface area contributed by atoms with E-state index in [0.717, 1.165) is 0 Å². The molecule has 0 saturated carbocycles. The number of rotatable bonds is 12. The molecule has 0 amide bonds. The van der Waals surface area contributed by atoms with Gasteiger partial charge >= 0.3 is 31.3 Å². The van der Waals surface area contributed by atoms with Crippen molar-refractivity contribution in [3.8, 4) is 0 Å². The molecule has 17 heteroatoms. The average Bonchev–Trinajstić information content (AvgIpc) is 2.23. The van der Waals surface area contributed by atoms with Crippen LogP contribution in [0.1, 0.15) is 20.8 Å². The lowest BCUT2D eigenvalue weighted by atomic mass is 10.9. The van der Waals surface area contributed by atoms with Crippen LogP contribution in [0.5, 0.6) is 0 Å². The Morgan fingerprint density at radius 1 is 0.609 bits per heavy atom. The Morgan fingerprint density at radius 2 is 0.826 bits per heavy atom. The number of hydrogen-bond acceptors (Lipinski definition) is 10. The summed E-state index contributed by atoms with van der Waals surface area (Å²) >= 11 is 0. The second kappa shape index (κ2) is 9.31. The van der Waals surface area contributed by atoms with Gasteiger partial charge in [0.15, 0.2) is 0 Å². The monoisotopic (exact) mass is 422 g/mol. The molecule has 0 aliphatic heterocycles. The summed E-state index contributed by atoms with van der Waals surface area (Å²) in [6.07, 6.45) is 0. The predicted octanol–water partition coefficient (Wildman–Crippen LogP) is 2.55. The van der Waals surface area contributed by atoms with Crippen LogP contribution in [-0.4, -0.2) is 34.5 Å². The summed E-state index contributed by atoms with van der Waals surface area (Å²) in [6, 6.07) is 0. The van der Waals surface area contributed by atoms with E-state index in [2.05, 4.69) is 26.5 Å². The molecule has 0 radical (unpaired) electrons. The summed E-state index contributed by atoms with van der Waals surface area (Å²) in [5.41, 5.74) is 0. The molecule has 0 bridgehead atoms. The molecule has 0 saturated heterocycles. The highest BCUT2D eigenvalue weighted by Crippen LogP contribution is 2.75. The first-order chi connectivity index (χ1) is 10.3. The smallest absolute Gasteiger partial charge is 0.302 e. The highest BCUT2D eigenvalue weighted by molar-refractivity contribution is 7.71. The standard InChI is InChI=1S/C6H18O13P4/c1-4-14-20(7,8)17-23(13,18-21(9,10)15-5-2)19-22(11,12)16-6-3/h4-6H2,1-3H3,(H,7,8)(H,9,10)(H,11,12). The molecular formula is C6H18O13P4. The number of phosphoric ester groups is 3. The second-order valence-corrected chi connectivity index (χ2v) is 9.79. The first-order valence-electron chi connectivity index (χ1n) is 5.96. The first-order valence-corrected chi connectivity index (χ1v) is 11.9. The molecule has 0 aromatic carbocycles. The van der Waals surface area contributed by atoms with Gasteiger partial charge in [0.2, 0.25) is 0 Å². The summed E-state index contributed by atoms with van der Waals surface area (Å²) in [5.74, 6) is 0. The van der Waals surface area contributed by atoms with Crippen LogP contribution in [0.2, 0.25) is 0 Å². The maximum absolute atomic E-state index is 12.2. The molecule has 0 aromatic rings. The van der Waals surface area contributed by atoms with Crippen molar-refractivity contribution in [3.63, 3.8) is 0 Å². The summed E-state index contributed by atoms with van der Waals surface area (Å²) in [4.78, 5) is 27.8. The van der Waals surface area contributed by atoms with E-state index < -0.39 is 51.1 Å². The van der Waals surface area contributed by atoms with Crippen LogP contribution in [0, 0.1) is 0 Å². The minimum Gasteiger partial charge on any atom is -0.302 e. The summed E-state index contributed by atoms with van der Waals surface area (Å²) in [7, 11) is -20.9. The van der Waals surface area contributed by atoms with Crippen molar-refractivity contribution in [2.24, 2.45) is 0 Å². The minimum atomic E-state index is -5.59. The maximum Gasteiger partial charge on any atom is 0.501 e. The normalized spacial score (nSPS) is 22.5. The molecule has 0 rings (SSSR count). The number of phosphoric acid groups is 4. The van der Waals surface area contributed by atoms with Crippen LogP contribution in [-0.2, 0) is 44.8 Å². The van der Waals surface area contributed by atoms with Crippen molar-refractivity contribution in [1.82, 2.24) is 0 Å². The molecule has 13 nitrogen and oxygen atoms in total. The first kappa shape index (κ1) is 23.6. The van der Waals surface area contributed by atoms with Gasteiger partial charge in [0.1, 0.15) is 0 Å². The Hall–Kier alpha value is 0.560. The van der Waals surface area contributed by atoms with E-state index in [9.17, 15) is 32.9 Å². The van der Waals surface area contributed by atoms with Crippen molar-refractivity contribution in [2.75, 3.05) is 19.8 Å². The van der Waals surface area contributed by atoms with Gasteiger partial charge in [-0.05, 0) is 20.8 Å². The fraction of sp³-hybridized carbons (Fsp3) is 1.00. The molecule has 140 valence electrons. The highest BCUT2D eigenvalue weighted by atomic mass is 31.3. The van der Waals surface area contributed by atoms with Gasteiger partial charge in [-0.3, -0.25) is 13.6 Å². The van der Waals surface area contributed by atoms with Gasteiger partial charge in [-0.2, -0.15) is 12.9 Å². The van der Waals surface area contributed by atoms with E-state index in [1.54, 1.807) is 0 Å². The van der Waals surface area contributed by atoms with E-state index >= 15 is 0 Å². The molecule has 3 N–H and O–H groups in total. The van der Waals surface area contributed by atoms with Gasteiger partial charge in [-0.25, -0.2) is 18.3 Å². The minimum absolute atomic E-state index is 0.391. The van der Waals surface area contributed by atoms with E-state index in [0.29, 0.717) is 0 Å². The van der Waals surface area contributed by atoms with E-state index in [4.69, 9.17) is 0 Å². The zero-order valence-electron chi connectivity index (χ0n) is 12.3. The van der Waals surface area contributed by atoms with Gasteiger partial charge in [-0.15, -0.1) is 0 Å². The summed E-state index contributed by atoms with van der Waals surface area (Å²) in [6.45, 7) is 2.64. The third-order valence-corrected chi connectivity index (χ3v) is 8.12. The highest BCUT2D eigenvalue weighted by Gasteiger charge is 2.49. The van der Waals surface area contributed by atoms with E-state index in [-0.39, 0.29) is 0 Å². The Labute approximate surface area is 132 Å². The van der Waals surface area contributed by atoms with Gasteiger partial charge in [0.05, 0.1) is 19.8 Å². The zero-order chi connectivity index (χ0) is 18.4. The molecule has 0 spiro atoms. The topological polar surface area (TPSA) is 184 Å². The summed E-state index contributed by atoms with van der Waals surface area (Å²) < 4.78 is 71.2. The lowest BCUT2D eigenvalue weighted by Crippen LogP contribution is -2.02. The fourth-order valence-electron chi connectivity index (χ4n) is 0.984. The third kappa shape index (κ3) is 10.2. The largest absolute Gasteiger partial charge is 0.501 e. The Kier molecular flexibility index (Phi) is 9.54. The van der Waals surface area contributed by atoms with Crippen molar-refractivity contribution in [3.05, 3.63) is 0 Å². The fourth-order valence-corrected chi connectivity index (χ4v) is 6.72. The van der Waals surface area contributed by atoms with Crippen molar-refractivity contribution in [2.45, 2.75) is 20.8 Å². The molecule has 23 heavy (non-hydrogen) atoms. The van der Waals surface area contributed by atoms with E-state index in [1.165, 1.54) is 20.8 Å². The van der Waals surface area contributed by atoms with Crippen molar-refractivity contribution in [1.29, 1.82) is 0 Å². The van der Waals surface area contributed by atoms with E-state index in [1.807, 2.05) is 0 Å². The Morgan fingerprint density at radius 3 is 1.00 bits per heavy atom. The van der Waals surface area contributed by atoms with Gasteiger partial charge in [0.25, 0.3) is 0 Å². The molecule has 3 unspecified atom stereocenters. The molecule has 0 fully saturated rings. The molecular weight excluding hydrogens is 404 g/mol. The maximum atomic E-state index is 12.2. The lowest BCUT2D eigenvalue weighted by molar-refractivity contribution is 0.149.